The lowest BCUT2D eigenvalue weighted by atomic mass is 10.1. The van der Waals surface area contributed by atoms with Gasteiger partial charge in [0, 0.05) is 38.8 Å². The zero-order chi connectivity index (χ0) is 12.5. The van der Waals surface area contributed by atoms with Gasteiger partial charge in [-0.1, -0.05) is 0 Å². The van der Waals surface area contributed by atoms with Gasteiger partial charge in [-0.2, -0.15) is 0 Å². The van der Waals surface area contributed by atoms with E-state index in [4.69, 9.17) is 0 Å². The van der Waals surface area contributed by atoms with Gasteiger partial charge in [-0.25, -0.2) is 14.4 Å². The summed E-state index contributed by atoms with van der Waals surface area (Å²) in [6, 6.07) is 0.463. The van der Waals surface area contributed by atoms with E-state index in [2.05, 4.69) is 19.8 Å². The van der Waals surface area contributed by atoms with Crippen molar-refractivity contribution >= 4 is 5.95 Å². The van der Waals surface area contributed by atoms with Crippen LogP contribution in [0.4, 0.5) is 10.3 Å². The van der Waals surface area contributed by atoms with E-state index in [1.807, 2.05) is 0 Å². The minimum absolute atomic E-state index is 0.264. The summed E-state index contributed by atoms with van der Waals surface area (Å²) in [5, 5.41) is 9.22. The average molecular weight is 252 g/mol. The highest BCUT2D eigenvalue weighted by Gasteiger charge is 2.36. The number of nitrogens with zero attached hydrogens (tertiary/aromatic N) is 4. The van der Waals surface area contributed by atoms with Crippen LogP contribution in [0.15, 0.2) is 12.4 Å². The molecule has 0 amide bonds. The van der Waals surface area contributed by atoms with Gasteiger partial charge in [-0.05, 0) is 12.3 Å². The van der Waals surface area contributed by atoms with Crippen molar-refractivity contribution in [3.8, 4) is 0 Å². The number of fused-ring (bicyclic) bond motifs is 1. The fourth-order valence-corrected chi connectivity index (χ4v) is 2.93. The number of piperazine rings is 1. The summed E-state index contributed by atoms with van der Waals surface area (Å²) in [5.41, 5.74) is 0. The van der Waals surface area contributed by atoms with Crippen molar-refractivity contribution in [3.05, 3.63) is 18.2 Å². The molecular formula is C12H17FN4O. The summed E-state index contributed by atoms with van der Waals surface area (Å²) >= 11 is 0. The van der Waals surface area contributed by atoms with Crippen LogP contribution in [-0.2, 0) is 0 Å². The van der Waals surface area contributed by atoms with Gasteiger partial charge in [0.05, 0.1) is 12.4 Å². The number of aromatic nitrogens is 2. The molecule has 2 aliphatic rings. The Bertz CT molecular complexity index is 413. The zero-order valence-corrected chi connectivity index (χ0v) is 10.2. The topological polar surface area (TPSA) is 52.5 Å². The number of hydrogen-bond donors (Lipinski definition) is 1. The van der Waals surface area contributed by atoms with Crippen LogP contribution >= 0.6 is 0 Å². The molecule has 98 valence electrons. The lowest BCUT2D eigenvalue weighted by molar-refractivity contribution is 0.208. The van der Waals surface area contributed by atoms with Gasteiger partial charge in [-0.15, -0.1) is 0 Å². The number of hydrogen-bond acceptors (Lipinski definition) is 5. The molecule has 3 heterocycles. The second-order valence-corrected chi connectivity index (χ2v) is 5.08. The number of anilines is 1. The third kappa shape index (κ3) is 2.18. The van der Waals surface area contributed by atoms with Crippen LogP contribution in [0, 0.1) is 11.7 Å². The Morgan fingerprint density at radius 1 is 1.28 bits per heavy atom. The molecule has 5 nitrogen and oxygen atoms in total. The van der Waals surface area contributed by atoms with Crippen LogP contribution in [0.5, 0.6) is 0 Å². The molecule has 2 aliphatic heterocycles. The lowest BCUT2D eigenvalue weighted by Gasteiger charge is -2.37. The Hall–Kier alpha value is -1.27. The van der Waals surface area contributed by atoms with Crippen LogP contribution in [-0.4, -0.2) is 58.8 Å². The molecule has 0 aliphatic carbocycles. The molecule has 0 spiro atoms. The van der Waals surface area contributed by atoms with Crippen LogP contribution in [0.1, 0.15) is 6.42 Å². The zero-order valence-electron chi connectivity index (χ0n) is 10.2. The standard InChI is InChI=1S/C12H17FN4O/c13-10-4-14-12(15-5-10)17-2-1-16-6-9(8-18)3-11(16)7-17/h4-5,9,11,18H,1-3,6-8H2/t9-,11?/m0/s1. The monoisotopic (exact) mass is 252 g/mol. The molecule has 6 heteroatoms. The first-order valence-electron chi connectivity index (χ1n) is 6.33. The molecule has 0 aromatic carbocycles. The van der Waals surface area contributed by atoms with Crippen molar-refractivity contribution in [1.29, 1.82) is 0 Å². The van der Waals surface area contributed by atoms with Gasteiger partial charge < -0.3 is 10.0 Å². The maximum absolute atomic E-state index is 12.8. The SMILES string of the molecule is OC[C@H]1CC2CN(c3ncc(F)cn3)CCN2C1. The molecule has 2 atom stereocenters. The Morgan fingerprint density at radius 2 is 2.06 bits per heavy atom. The summed E-state index contributed by atoms with van der Waals surface area (Å²) < 4.78 is 12.8. The number of halogens is 1. The first-order valence-corrected chi connectivity index (χ1v) is 6.33. The van der Waals surface area contributed by atoms with E-state index >= 15 is 0 Å². The van der Waals surface area contributed by atoms with Crippen molar-refractivity contribution in [2.24, 2.45) is 5.92 Å². The van der Waals surface area contributed by atoms with Crippen molar-refractivity contribution in [2.75, 3.05) is 37.7 Å². The first-order chi connectivity index (χ1) is 8.76. The fourth-order valence-electron chi connectivity index (χ4n) is 2.93. The highest BCUT2D eigenvalue weighted by Crippen LogP contribution is 2.27. The highest BCUT2D eigenvalue weighted by molar-refractivity contribution is 5.30. The van der Waals surface area contributed by atoms with Gasteiger partial charge in [-0.3, -0.25) is 4.90 Å². The van der Waals surface area contributed by atoms with Gasteiger partial charge in [0.1, 0.15) is 0 Å². The molecule has 18 heavy (non-hydrogen) atoms. The fraction of sp³-hybridized carbons (Fsp3) is 0.667. The lowest BCUT2D eigenvalue weighted by Crippen LogP contribution is -2.50. The van der Waals surface area contributed by atoms with E-state index in [9.17, 15) is 9.50 Å². The molecule has 2 fully saturated rings. The van der Waals surface area contributed by atoms with Crippen LogP contribution in [0.25, 0.3) is 0 Å². The molecule has 3 rings (SSSR count). The van der Waals surface area contributed by atoms with Gasteiger partial charge in [0.15, 0.2) is 5.82 Å². The Kier molecular flexibility index (Phi) is 3.13. The average Bonchev–Trinajstić information content (AvgIpc) is 2.81. The van der Waals surface area contributed by atoms with Gasteiger partial charge in [0.25, 0.3) is 0 Å². The van der Waals surface area contributed by atoms with Crippen molar-refractivity contribution < 1.29 is 9.50 Å². The molecule has 0 saturated carbocycles. The summed E-state index contributed by atoms with van der Waals surface area (Å²) in [6.45, 7) is 3.93. The summed E-state index contributed by atoms with van der Waals surface area (Å²) in [5.74, 6) is 0.589. The van der Waals surface area contributed by atoms with Crippen molar-refractivity contribution in [3.63, 3.8) is 0 Å². The molecule has 1 aromatic heterocycles. The van der Waals surface area contributed by atoms with E-state index in [0.717, 1.165) is 32.6 Å². The second-order valence-electron chi connectivity index (χ2n) is 5.08. The predicted molar refractivity (Wildman–Crippen MR) is 64.8 cm³/mol. The summed E-state index contributed by atoms with van der Waals surface area (Å²) in [4.78, 5) is 12.6. The Labute approximate surface area is 105 Å². The van der Waals surface area contributed by atoms with E-state index in [0.29, 0.717) is 17.9 Å². The van der Waals surface area contributed by atoms with E-state index < -0.39 is 5.82 Å². The maximum atomic E-state index is 12.8. The second kappa shape index (κ2) is 4.78. The quantitative estimate of drug-likeness (QED) is 0.810. The Balaban J connectivity index is 1.68. The van der Waals surface area contributed by atoms with Crippen LogP contribution in [0.2, 0.25) is 0 Å². The molecule has 1 N–H and O–H groups in total. The summed E-state index contributed by atoms with van der Waals surface area (Å²) in [6.07, 6.45) is 3.44. The number of aliphatic hydroxyl groups excluding tert-OH is 1. The smallest absolute Gasteiger partial charge is 0.225 e. The molecular weight excluding hydrogens is 235 g/mol. The van der Waals surface area contributed by atoms with E-state index in [1.54, 1.807) is 0 Å². The van der Waals surface area contributed by atoms with Gasteiger partial charge >= 0.3 is 0 Å². The third-order valence-corrected chi connectivity index (χ3v) is 3.85. The number of aliphatic hydroxyl groups is 1. The summed E-state index contributed by atoms with van der Waals surface area (Å²) in [7, 11) is 0. The maximum Gasteiger partial charge on any atom is 0.225 e. The highest BCUT2D eigenvalue weighted by atomic mass is 19.1. The third-order valence-electron chi connectivity index (χ3n) is 3.85. The molecule has 0 radical (unpaired) electrons. The van der Waals surface area contributed by atoms with E-state index in [1.165, 1.54) is 12.4 Å². The molecule has 0 bridgehead atoms. The molecule has 1 unspecified atom stereocenters. The first kappa shape index (κ1) is 11.8. The molecule has 1 aromatic rings. The minimum atomic E-state index is -0.404. The van der Waals surface area contributed by atoms with Gasteiger partial charge in [0.2, 0.25) is 5.95 Å². The number of rotatable bonds is 2. The van der Waals surface area contributed by atoms with Crippen molar-refractivity contribution in [1.82, 2.24) is 14.9 Å². The van der Waals surface area contributed by atoms with Crippen LogP contribution < -0.4 is 4.90 Å². The van der Waals surface area contributed by atoms with Crippen molar-refractivity contribution in [2.45, 2.75) is 12.5 Å². The normalized spacial score (nSPS) is 28.4. The minimum Gasteiger partial charge on any atom is -0.396 e. The van der Waals surface area contributed by atoms with E-state index in [-0.39, 0.29) is 6.61 Å². The van der Waals surface area contributed by atoms with Crippen LogP contribution in [0.3, 0.4) is 0 Å². The largest absolute Gasteiger partial charge is 0.396 e. The Morgan fingerprint density at radius 3 is 2.78 bits per heavy atom. The molecule has 2 saturated heterocycles. The predicted octanol–water partition coefficient (Wildman–Crippen LogP) is 0.118.